The first kappa shape index (κ1) is 13.1. The number of pyridine rings is 1. The van der Waals surface area contributed by atoms with Crippen LogP contribution in [0, 0.1) is 0 Å². The summed E-state index contributed by atoms with van der Waals surface area (Å²) in [6.45, 7) is 4.20. The molecule has 0 aliphatic carbocycles. The summed E-state index contributed by atoms with van der Waals surface area (Å²) in [5.41, 5.74) is 0.605. The van der Waals surface area contributed by atoms with Gasteiger partial charge >= 0.3 is 11.7 Å². The molecule has 6 nitrogen and oxygen atoms in total. The van der Waals surface area contributed by atoms with Crippen molar-refractivity contribution in [2.24, 2.45) is 0 Å². The summed E-state index contributed by atoms with van der Waals surface area (Å²) in [5, 5.41) is 8.87. The van der Waals surface area contributed by atoms with Crippen molar-refractivity contribution < 1.29 is 9.90 Å². The first-order chi connectivity index (χ1) is 8.99. The van der Waals surface area contributed by atoms with Crippen molar-refractivity contribution >= 4 is 5.97 Å². The quantitative estimate of drug-likeness (QED) is 0.901. The van der Waals surface area contributed by atoms with Gasteiger partial charge in [0.1, 0.15) is 5.69 Å². The number of rotatable bonds is 4. The highest BCUT2D eigenvalue weighted by Gasteiger charge is 2.09. The summed E-state index contributed by atoms with van der Waals surface area (Å²) in [6.07, 6.45) is 4.86. The first-order valence-corrected chi connectivity index (χ1v) is 5.94. The molecule has 0 aliphatic rings. The Bertz CT molecular complexity index is 655. The van der Waals surface area contributed by atoms with Crippen LogP contribution in [-0.4, -0.2) is 25.2 Å². The van der Waals surface area contributed by atoms with Crippen LogP contribution in [0.3, 0.4) is 0 Å². The molecular weight excluding hydrogens is 246 g/mol. The Hall–Kier alpha value is -2.37. The van der Waals surface area contributed by atoms with E-state index in [-0.39, 0.29) is 17.4 Å². The van der Waals surface area contributed by atoms with E-state index >= 15 is 0 Å². The smallest absolute Gasteiger partial charge is 0.354 e. The van der Waals surface area contributed by atoms with Gasteiger partial charge in [-0.05, 0) is 31.5 Å². The van der Waals surface area contributed by atoms with Gasteiger partial charge in [-0.15, -0.1) is 0 Å². The number of hydrogen-bond acceptors (Lipinski definition) is 3. The molecule has 0 fully saturated rings. The number of nitrogens with zero attached hydrogens (tertiary/aromatic N) is 3. The number of hydrogen-bond donors (Lipinski definition) is 1. The minimum atomic E-state index is -1.08. The standard InChI is InChI=1S/C13H15N3O3/c1-9(2)16-6-5-15(13(16)19)8-10-3-4-14-11(7-10)12(17)18/h3-7,9H,8H2,1-2H3,(H,17,18). The van der Waals surface area contributed by atoms with Crippen LogP contribution in [0.15, 0.2) is 35.5 Å². The minimum absolute atomic E-state index is 0.0196. The average Bonchev–Trinajstić information content (AvgIpc) is 2.71. The highest BCUT2D eigenvalue weighted by Crippen LogP contribution is 2.05. The lowest BCUT2D eigenvalue weighted by molar-refractivity contribution is 0.0690. The molecule has 2 aromatic heterocycles. The lowest BCUT2D eigenvalue weighted by Gasteiger charge is -2.05. The van der Waals surface area contributed by atoms with Crippen molar-refractivity contribution in [3.8, 4) is 0 Å². The second-order valence-corrected chi connectivity index (χ2v) is 4.56. The Kier molecular flexibility index (Phi) is 3.50. The van der Waals surface area contributed by atoms with E-state index in [0.29, 0.717) is 6.54 Å². The van der Waals surface area contributed by atoms with E-state index < -0.39 is 5.97 Å². The fourth-order valence-corrected chi connectivity index (χ4v) is 1.83. The molecule has 6 heteroatoms. The van der Waals surface area contributed by atoms with Crippen LogP contribution in [0.2, 0.25) is 0 Å². The number of carboxylic acids is 1. The summed E-state index contributed by atoms with van der Waals surface area (Å²) in [7, 11) is 0. The normalized spacial score (nSPS) is 10.9. The van der Waals surface area contributed by atoms with Gasteiger partial charge in [-0.3, -0.25) is 9.13 Å². The van der Waals surface area contributed by atoms with Gasteiger partial charge in [0.25, 0.3) is 0 Å². The van der Waals surface area contributed by atoms with E-state index in [1.807, 2.05) is 13.8 Å². The van der Waals surface area contributed by atoms with Gasteiger partial charge < -0.3 is 5.11 Å². The van der Waals surface area contributed by atoms with Gasteiger partial charge in [0, 0.05) is 24.6 Å². The number of carbonyl (C=O) groups is 1. The van der Waals surface area contributed by atoms with Crippen LogP contribution in [0.25, 0.3) is 0 Å². The third kappa shape index (κ3) is 2.73. The number of aromatic nitrogens is 3. The maximum Gasteiger partial charge on any atom is 0.354 e. The predicted octanol–water partition coefficient (Wildman–Crippen LogP) is 1.37. The molecule has 0 aliphatic heterocycles. The number of imidazole rings is 1. The molecule has 0 radical (unpaired) electrons. The maximum absolute atomic E-state index is 12.0. The molecule has 0 unspecified atom stereocenters. The van der Waals surface area contributed by atoms with Crippen LogP contribution in [0.5, 0.6) is 0 Å². The third-order valence-corrected chi connectivity index (χ3v) is 2.83. The second-order valence-electron chi connectivity index (χ2n) is 4.56. The van der Waals surface area contributed by atoms with Gasteiger partial charge in [0.2, 0.25) is 0 Å². The Morgan fingerprint density at radius 2 is 2.16 bits per heavy atom. The minimum Gasteiger partial charge on any atom is -0.477 e. The van der Waals surface area contributed by atoms with Crippen LogP contribution in [0.4, 0.5) is 0 Å². The maximum atomic E-state index is 12.0. The summed E-state index contributed by atoms with van der Waals surface area (Å²) >= 11 is 0. The van der Waals surface area contributed by atoms with E-state index in [1.165, 1.54) is 12.3 Å². The molecule has 2 aromatic rings. The zero-order valence-corrected chi connectivity index (χ0v) is 10.8. The summed E-state index contributed by atoms with van der Waals surface area (Å²) < 4.78 is 3.17. The Balaban J connectivity index is 2.29. The molecule has 2 rings (SSSR count). The molecule has 0 amide bonds. The zero-order chi connectivity index (χ0) is 14.0. The van der Waals surface area contributed by atoms with Crippen molar-refractivity contribution in [3.05, 3.63) is 52.5 Å². The summed E-state index contributed by atoms with van der Waals surface area (Å²) in [6, 6.07) is 3.27. The van der Waals surface area contributed by atoms with Crippen molar-refractivity contribution in [1.29, 1.82) is 0 Å². The Morgan fingerprint density at radius 1 is 1.42 bits per heavy atom. The highest BCUT2D eigenvalue weighted by atomic mass is 16.4. The molecule has 0 saturated heterocycles. The van der Waals surface area contributed by atoms with E-state index in [0.717, 1.165) is 5.56 Å². The van der Waals surface area contributed by atoms with Crippen molar-refractivity contribution in [2.75, 3.05) is 0 Å². The van der Waals surface area contributed by atoms with Crippen molar-refractivity contribution in [3.63, 3.8) is 0 Å². The second kappa shape index (κ2) is 5.09. The number of aromatic carboxylic acids is 1. The van der Waals surface area contributed by atoms with Gasteiger partial charge in [-0.2, -0.15) is 0 Å². The molecule has 100 valence electrons. The molecule has 0 aromatic carbocycles. The first-order valence-electron chi connectivity index (χ1n) is 5.94. The molecule has 0 bridgehead atoms. The highest BCUT2D eigenvalue weighted by molar-refractivity contribution is 5.85. The SMILES string of the molecule is CC(C)n1ccn(Cc2ccnc(C(=O)O)c2)c1=O. The average molecular weight is 261 g/mol. The molecule has 1 N–H and O–H groups in total. The van der Waals surface area contributed by atoms with Crippen molar-refractivity contribution in [1.82, 2.24) is 14.1 Å². The topological polar surface area (TPSA) is 77.1 Å². The third-order valence-electron chi connectivity index (χ3n) is 2.83. The van der Waals surface area contributed by atoms with Crippen LogP contribution in [0.1, 0.15) is 35.9 Å². The van der Waals surface area contributed by atoms with Crippen LogP contribution >= 0.6 is 0 Å². The lowest BCUT2D eigenvalue weighted by atomic mass is 10.2. The van der Waals surface area contributed by atoms with Crippen LogP contribution < -0.4 is 5.69 Å². The van der Waals surface area contributed by atoms with E-state index in [2.05, 4.69) is 4.98 Å². The largest absolute Gasteiger partial charge is 0.477 e. The van der Waals surface area contributed by atoms with Crippen molar-refractivity contribution in [2.45, 2.75) is 26.4 Å². The predicted molar refractivity (Wildman–Crippen MR) is 69.4 cm³/mol. The van der Waals surface area contributed by atoms with E-state index in [9.17, 15) is 9.59 Å². The molecule has 0 atom stereocenters. The Labute approximate surface area is 109 Å². The monoisotopic (exact) mass is 261 g/mol. The van der Waals surface area contributed by atoms with E-state index in [1.54, 1.807) is 27.6 Å². The van der Waals surface area contributed by atoms with Gasteiger partial charge in [-0.1, -0.05) is 0 Å². The fraction of sp³-hybridized carbons (Fsp3) is 0.308. The van der Waals surface area contributed by atoms with Gasteiger partial charge in [0.05, 0.1) is 6.54 Å². The zero-order valence-electron chi connectivity index (χ0n) is 10.8. The molecular formula is C13H15N3O3. The van der Waals surface area contributed by atoms with Gasteiger partial charge in [0.15, 0.2) is 0 Å². The molecule has 19 heavy (non-hydrogen) atoms. The summed E-state index contributed by atoms with van der Waals surface area (Å²) in [4.78, 5) is 26.6. The fourth-order valence-electron chi connectivity index (χ4n) is 1.83. The van der Waals surface area contributed by atoms with Gasteiger partial charge in [-0.25, -0.2) is 14.6 Å². The molecule has 2 heterocycles. The lowest BCUT2D eigenvalue weighted by Crippen LogP contribution is -2.25. The number of carboxylic acid groups (broad SMARTS) is 1. The molecule has 0 saturated carbocycles. The van der Waals surface area contributed by atoms with E-state index in [4.69, 9.17) is 5.11 Å². The summed E-state index contributed by atoms with van der Waals surface area (Å²) in [5.74, 6) is -1.08. The van der Waals surface area contributed by atoms with Crippen LogP contribution in [-0.2, 0) is 6.54 Å². The Morgan fingerprint density at radius 3 is 2.74 bits per heavy atom. The molecule has 0 spiro atoms.